The van der Waals surface area contributed by atoms with E-state index in [0.29, 0.717) is 12.2 Å². The van der Waals surface area contributed by atoms with E-state index >= 15 is 0 Å². The average molecular weight is 402 g/mol. The summed E-state index contributed by atoms with van der Waals surface area (Å²) in [5.41, 5.74) is 2.61. The zero-order valence-electron chi connectivity index (χ0n) is 17.1. The van der Waals surface area contributed by atoms with Gasteiger partial charge in [0.15, 0.2) is 5.69 Å². The Balaban J connectivity index is 1.46. The molecule has 0 bridgehead atoms. The maximum absolute atomic E-state index is 13.2. The molecule has 0 saturated carbocycles. The Morgan fingerprint density at radius 3 is 2.87 bits per heavy atom. The predicted octanol–water partition coefficient (Wildman–Crippen LogP) is 4.37. The number of carbonyl (C=O) groups excluding carboxylic acids is 1. The Hall–Kier alpha value is -3.41. The molecule has 1 atom stereocenters. The molecule has 4 rings (SSSR count). The van der Waals surface area contributed by atoms with Crippen LogP contribution in [0, 0.1) is 0 Å². The van der Waals surface area contributed by atoms with Crippen molar-refractivity contribution in [1.82, 2.24) is 19.9 Å². The van der Waals surface area contributed by atoms with Gasteiger partial charge in [0.2, 0.25) is 0 Å². The summed E-state index contributed by atoms with van der Waals surface area (Å²) in [6.07, 6.45) is 8.81. The van der Waals surface area contributed by atoms with Crippen LogP contribution in [0.3, 0.4) is 0 Å². The molecule has 1 aromatic heterocycles. The zero-order chi connectivity index (χ0) is 20.8. The molecule has 2 heterocycles. The Kier molecular flexibility index (Phi) is 6.23. The van der Waals surface area contributed by atoms with E-state index in [0.717, 1.165) is 42.7 Å². The average Bonchev–Trinajstić information content (AvgIpc) is 3.28. The van der Waals surface area contributed by atoms with E-state index in [1.165, 1.54) is 0 Å². The molecule has 1 aliphatic rings. The molecule has 30 heavy (non-hydrogen) atoms. The minimum atomic E-state index is -0.0687. The minimum Gasteiger partial charge on any atom is -0.497 e. The fourth-order valence-corrected chi connectivity index (χ4v) is 3.86. The maximum atomic E-state index is 13.2. The summed E-state index contributed by atoms with van der Waals surface area (Å²) in [5, 5.41) is 8.28. The van der Waals surface area contributed by atoms with Crippen molar-refractivity contribution in [3.63, 3.8) is 0 Å². The minimum absolute atomic E-state index is 0.0319. The van der Waals surface area contributed by atoms with Gasteiger partial charge in [0, 0.05) is 6.54 Å². The van der Waals surface area contributed by atoms with Crippen LogP contribution in [0.1, 0.15) is 46.9 Å². The van der Waals surface area contributed by atoms with Crippen LogP contribution < -0.4 is 4.74 Å². The van der Waals surface area contributed by atoms with Gasteiger partial charge in [-0.25, -0.2) is 4.68 Å². The molecule has 2 aromatic carbocycles. The lowest BCUT2D eigenvalue weighted by Gasteiger charge is -2.35. The van der Waals surface area contributed by atoms with Crippen molar-refractivity contribution in [2.75, 3.05) is 13.7 Å². The fraction of sp³-hybridized carbons (Fsp3) is 0.292. The van der Waals surface area contributed by atoms with Crippen LogP contribution in [-0.4, -0.2) is 39.5 Å². The van der Waals surface area contributed by atoms with Gasteiger partial charge >= 0.3 is 0 Å². The molecular formula is C24H26N4O2. The number of rotatable bonds is 6. The van der Waals surface area contributed by atoms with Gasteiger partial charge in [-0.2, -0.15) is 0 Å². The molecule has 6 heteroatoms. The maximum Gasteiger partial charge on any atom is 0.276 e. The summed E-state index contributed by atoms with van der Waals surface area (Å²) in [6, 6.07) is 18.1. The second-order valence-corrected chi connectivity index (χ2v) is 7.43. The molecule has 3 aromatic rings. The highest BCUT2D eigenvalue weighted by Gasteiger charge is 2.30. The Morgan fingerprint density at radius 1 is 1.17 bits per heavy atom. The number of amides is 1. The quantitative estimate of drug-likeness (QED) is 0.614. The molecule has 1 saturated heterocycles. The highest BCUT2D eigenvalue weighted by Crippen LogP contribution is 2.33. The number of piperidine rings is 1. The third-order valence-corrected chi connectivity index (χ3v) is 5.40. The van der Waals surface area contributed by atoms with E-state index in [9.17, 15) is 4.79 Å². The highest BCUT2D eigenvalue weighted by molar-refractivity contribution is 5.92. The molecule has 1 fully saturated rings. The number of ether oxygens (including phenoxy) is 1. The number of nitrogens with zero attached hydrogens (tertiary/aromatic N) is 4. The predicted molar refractivity (Wildman–Crippen MR) is 116 cm³/mol. The van der Waals surface area contributed by atoms with Crippen LogP contribution in [0.5, 0.6) is 5.75 Å². The molecule has 0 unspecified atom stereocenters. The first kappa shape index (κ1) is 19.9. The number of carbonyl (C=O) groups is 1. The lowest BCUT2D eigenvalue weighted by molar-refractivity contribution is 0.0605. The molecule has 154 valence electrons. The summed E-state index contributed by atoms with van der Waals surface area (Å²) in [4.78, 5) is 15.1. The molecule has 0 N–H and O–H groups in total. The van der Waals surface area contributed by atoms with Crippen LogP contribution >= 0.6 is 0 Å². The number of aromatic nitrogens is 3. The summed E-state index contributed by atoms with van der Waals surface area (Å²) in [6.45, 7) is 1.29. The van der Waals surface area contributed by atoms with Gasteiger partial charge < -0.3 is 9.64 Å². The molecular weight excluding hydrogens is 376 g/mol. The topological polar surface area (TPSA) is 60.2 Å². The SMILES string of the molecule is COc1cccc([C@H]2CCCCN2C(=O)c2cn(C/C=C/c3ccccc3)nn2)c1. The third kappa shape index (κ3) is 4.59. The van der Waals surface area contributed by atoms with E-state index in [-0.39, 0.29) is 11.9 Å². The third-order valence-electron chi connectivity index (χ3n) is 5.40. The lowest BCUT2D eigenvalue weighted by atomic mass is 9.94. The van der Waals surface area contributed by atoms with Crippen molar-refractivity contribution < 1.29 is 9.53 Å². The van der Waals surface area contributed by atoms with Gasteiger partial charge in [0.1, 0.15) is 5.75 Å². The highest BCUT2D eigenvalue weighted by atomic mass is 16.5. The number of hydrogen-bond acceptors (Lipinski definition) is 4. The van der Waals surface area contributed by atoms with E-state index in [4.69, 9.17) is 4.74 Å². The standard InChI is InChI=1S/C24H26N4O2/c1-30-21-13-7-12-20(17-21)23-14-5-6-16-28(23)24(29)22-18-27(26-25-22)15-8-11-19-9-3-2-4-10-19/h2-4,7-13,17-18,23H,5-6,14-16H2,1H3/b11-8+/t23-/m1/s1. The van der Waals surface area contributed by atoms with Gasteiger partial charge in [-0.05, 0) is 42.5 Å². The number of hydrogen-bond donors (Lipinski definition) is 0. The van der Waals surface area contributed by atoms with Crippen molar-refractivity contribution >= 4 is 12.0 Å². The second-order valence-electron chi connectivity index (χ2n) is 7.43. The van der Waals surface area contributed by atoms with Crippen molar-refractivity contribution in [2.24, 2.45) is 0 Å². The van der Waals surface area contributed by atoms with Crippen molar-refractivity contribution in [1.29, 1.82) is 0 Å². The summed E-state index contributed by atoms with van der Waals surface area (Å²) in [5.74, 6) is 0.738. The van der Waals surface area contributed by atoms with Gasteiger partial charge in [-0.3, -0.25) is 4.79 Å². The van der Waals surface area contributed by atoms with Crippen molar-refractivity contribution in [2.45, 2.75) is 31.8 Å². The van der Waals surface area contributed by atoms with Gasteiger partial charge in [0.05, 0.1) is 25.9 Å². The number of benzene rings is 2. The number of allylic oxidation sites excluding steroid dienone is 1. The first-order chi connectivity index (χ1) is 14.7. The van der Waals surface area contributed by atoms with Crippen LogP contribution in [0.15, 0.2) is 66.9 Å². The number of methoxy groups -OCH3 is 1. The zero-order valence-corrected chi connectivity index (χ0v) is 17.1. The normalized spacial score (nSPS) is 16.7. The summed E-state index contributed by atoms with van der Waals surface area (Å²) in [7, 11) is 1.66. The molecule has 0 spiro atoms. The largest absolute Gasteiger partial charge is 0.497 e. The van der Waals surface area contributed by atoms with Gasteiger partial charge in [-0.1, -0.05) is 59.8 Å². The lowest BCUT2D eigenvalue weighted by Crippen LogP contribution is -2.38. The van der Waals surface area contributed by atoms with E-state index < -0.39 is 0 Å². The number of likely N-dealkylation sites (tertiary alicyclic amines) is 1. The molecule has 1 aliphatic heterocycles. The van der Waals surface area contributed by atoms with Crippen LogP contribution in [0.25, 0.3) is 6.08 Å². The first-order valence-electron chi connectivity index (χ1n) is 10.3. The van der Waals surface area contributed by atoms with Crippen LogP contribution in [0.4, 0.5) is 0 Å². The monoisotopic (exact) mass is 402 g/mol. The summed E-state index contributed by atoms with van der Waals surface area (Å²) < 4.78 is 7.05. The molecule has 0 radical (unpaired) electrons. The smallest absolute Gasteiger partial charge is 0.276 e. The molecule has 0 aliphatic carbocycles. The van der Waals surface area contributed by atoms with Gasteiger partial charge in [0.25, 0.3) is 5.91 Å². The fourth-order valence-electron chi connectivity index (χ4n) is 3.86. The Labute approximate surface area is 176 Å². The van der Waals surface area contributed by atoms with Crippen molar-refractivity contribution in [3.8, 4) is 5.75 Å². The van der Waals surface area contributed by atoms with E-state index in [2.05, 4.69) is 16.4 Å². The Morgan fingerprint density at radius 2 is 2.03 bits per heavy atom. The van der Waals surface area contributed by atoms with Gasteiger partial charge in [-0.15, -0.1) is 5.10 Å². The first-order valence-corrected chi connectivity index (χ1v) is 10.3. The second kappa shape index (κ2) is 9.39. The van der Waals surface area contributed by atoms with Crippen LogP contribution in [-0.2, 0) is 6.54 Å². The molecule has 1 amide bonds. The molecule has 6 nitrogen and oxygen atoms in total. The van der Waals surface area contributed by atoms with Crippen molar-refractivity contribution in [3.05, 3.63) is 83.7 Å². The van der Waals surface area contributed by atoms with E-state index in [1.54, 1.807) is 18.0 Å². The Bertz CT molecular complexity index is 1010. The van der Waals surface area contributed by atoms with E-state index in [1.807, 2.05) is 65.6 Å². The summed E-state index contributed by atoms with van der Waals surface area (Å²) >= 11 is 0. The van der Waals surface area contributed by atoms with Crippen LogP contribution in [0.2, 0.25) is 0 Å².